The Morgan fingerprint density at radius 2 is 2.29 bits per heavy atom. The third kappa shape index (κ3) is 1.93. The van der Waals surface area contributed by atoms with E-state index >= 15 is 0 Å². The number of ether oxygens (including phenoxy) is 1. The molecule has 0 aliphatic carbocycles. The molecule has 2 N–H and O–H groups in total. The molecule has 5 heteroatoms. The Morgan fingerprint density at radius 1 is 1.50 bits per heavy atom. The molecule has 1 aliphatic rings. The Morgan fingerprint density at radius 3 is 2.86 bits per heavy atom. The molecule has 0 spiro atoms. The topological polar surface area (TPSA) is 59.1 Å². The van der Waals surface area contributed by atoms with E-state index in [2.05, 4.69) is 20.6 Å². The van der Waals surface area contributed by atoms with Gasteiger partial charge in [-0.1, -0.05) is 0 Å². The van der Waals surface area contributed by atoms with E-state index in [4.69, 9.17) is 4.74 Å². The molecule has 5 nitrogen and oxygen atoms in total. The molecule has 1 fully saturated rings. The quantitative estimate of drug-likeness (QED) is 0.718. The third-order valence-corrected chi connectivity index (χ3v) is 2.15. The zero-order valence-corrected chi connectivity index (χ0v) is 8.37. The van der Waals surface area contributed by atoms with Crippen LogP contribution in [0.4, 0.5) is 5.95 Å². The van der Waals surface area contributed by atoms with Crippen molar-refractivity contribution in [2.45, 2.75) is 13.0 Å². The van der Waals surface area contributed by atoms with Crippen LogP contribution in [0.2, 0.25) is 0 Å². The van der Waals surface area contributed by atoms with Crippen LogP contribution in [-0.2, 0) is 0 Å². The number of nitrogens with zero attached hydrogens (tertiary/aromatic N) is 2. The van der Waals surface area contributed by atoms with Crippen LogP contribution in [0.5, 0.6) is 5.88 Å². The number of nitrogens with one attached hydrogen (secondary N) is 2. The van der Waals surface area contributed by atoms with Crippen LogP contribution in [0.3, 0.4) is 0 Å². The normalized spacial score (nSPS) is 16.1. The van der Waals surface area contributed by atoms with Gasteiger partial charge in [0.2, 0.25) is 11.8 Å². The van der Waals surface area contributed by atoms with Gasteiger partial charge in [-0.2, -0.15) is 4.98 Å². The molecule has 0 bridgehead atoms. The highest BCUT2D eigenvalue weighted by molar-refractivity contribution is 5.32. The predicted molar refractivity (Wildman–Crippen MR) is 53.6 cm³/mol. The van der Waals surface area contributed by atoms with Crippen LogP contribution in [-0.4, -0.2) is 36.2 Å². The molecule has 2 heterocycles. The maximum absolute atomic E-state index is 5.06. The molecule has 1 aliphatic heterocycles. The summed E-state index contributed by atoms with van der Waals surface area (Å²) < 4.78 is 5.06. The summed E-state index contributed by atoms with van der Waals surface area (Å²) in [4.78, 5) is 8.48. The fourth-order valence-electron chi connectivity index (χ4n) is 1.28. The molecule has 0 aromatic carbocycles. The first kappa shape index (κ1) is 9.21. The standard InChI is InChI=1S/C9H14N4O/c1-6-3-8(14-2)13-9(11-6)12-7-4-10-5-7/h3,7,10H,4-5H2,1-2H3,(H,11,12,13). The van der Waals surface area contributed by atoms with Crippen molar-refractivity contribution in [2.75, 3.05) is 25.5 Å². The highest BCUT2D eigenvalue weighted by Gasteiger charge is 2.17. The van der Waals surface area contributed by atoms with Crippen LogP contribution in [0.15, 0.2) is 6.07 Å². The number of aryl methyl sites for hydroxylation is 1. The van der Waals surface area contributed by atoms with Crippen molar-refractivity contribution in [3.05, 3.63) is 11.8 Å². The summed E-state index contributed by atoms with van der Waals surface area (Å²) in [5.74, 6) is 1.25. The first-order valence-electron chi connectivity index (χ1n) is 4.65. The van der Waals surface area contributed by atoms with E-state index in [1.807, 2.05) is 13.0 Å². The Kier molecular flexibility index (Phi) is 2.49. The summed E-state index contributed by atoms with van der Waals surface area (Å²) >= 11 is 0. The number of aromatic nitrogens is 2. The van der Waals surface area contributed by atoms with E-state index in [9.17, 15) is 0 Å². The summed E-state index contributed by atoms with van der Waals surface area (Å²) in [6, 6.07) is 2.26. The lowest BCUT2D eigenvalue weighted by atomic mass is 10.2. The maximum atomic E-state index is 5.06. The first-order chi connectivity index (χ1) is 6.78. The van der Waals surface area contributed by atoms with Gasteiger partial charge in [0.25, 0.3) is 0 Å². The first-order valence-corrected chi connectivity index (χ1v) is 4.65. The van der Waals surface area contributed by atoms with Crippen LogP contribution in [0, 0.1) is 6.92 Å². The Hall–Kier alpha value is -1.36. The summed E-state index contributed by atoms with van der Waals surface area (Å²) in [5, 5.41) is 6.40. The van der Waals surface area contributed by atoms with Crippen LogP contribution in [0.25, 0.3) is 0 Å². The van der Waals surface area contributed by atoms with Crippen LogP contribution in [0.1, 0.15) is 5.69 Å². The maximum Gasteiger partial charge on any atom is 0.226 e. The van der Waals surface area contributed by atoms with Crippen molar-refractivity contribution in [3.63, 3.8) is 0 Å². The summed E-state index contributed by atoms with van der Waals surface area (Å²) in [6.45, 7) is 3.87. The minimum Gasteiger partial charge on any atom is -0.481 e. The fourth-order valence-corrected chi connectivity index (χ4v) is 1.28. The average molecular weight is 194 g/mol. The van der Waals surface area contributed by atoms with E-state index < -0.39 is 0 Å². The minimum atomic E-state index is 0.446. The summed E-state index contributed by atoms with van der Waals surface area (Å²) in [7, 11) is 1.61. The van der Waals surface area contributed by atoms with Crippen molar-refractivity contribution in [1.82, 2.24) is 15.3 Å². The lowest BCUT2D eigenvalue weighted by Gasteiger charge is -2.27. The summed E-state index contributed by atoms with van der Waals surface area (Å²) in [5.41, 5.74) is 0.909. The fraction of sp³-hybridized carbons (Fsp3) is 0.556. The SMILES string of the molecule is COc1cc(C)nc(NC2CNC2)n1. The van der Waals surface area contributed by atoms with Gasteiger partial charge >= 0.3 is 0 Å². The van der Waals surface area contributed by atoms with E-state index in [0.29, 0.717) is 17.9 Å². The van der Waals surface area contributed by atoms with E-state index in [-0.39, 0.29) is 0 Å². The molecule has 76 valence electrons. The van der Waals surface area contributed by atoms with E-state index in [0.717, 1.165) is 18.8 Å². The monoisotopic (exact) mass is 194 g/mol. The van der Waals surface area contributed by atoms with Gasteiger partial charge in [0, 0.05) is 24.8 Å². The zero-order valence-electron chi connectivity index (χ0n) is 8.37. The van der Waals surface area contributed by atoms with Crippen molar-refractivity contribution in [2.24, 2.45) is 0 Å². The van der Waals surface area contributed by atoms with Gasteiger partial charge in [-0.25, -0.2) is 4.98 Å². The molecule has 14 heavy (non-hydrogen) atoms. The second kappa shape index (κ2) is 3.79. The van der Waals surface area contributed by atoms with Gasteiger partial charge in [0.1, 0.15) is 0 Å². The van der Waals surface area contributed by atoms with Crippen LogP contribution >= 0.6 is 0 Å². The molecule has 2 rings (SSSR count). The molecule has 0 unspecified atom stereocenters. The lowest BCUT2D eigenvalue weighted by molar-refractivity contribution is 0.396. The number of hydrogen-bond donors (Lipinski definition) is 2. The van der Waals surface area contributed by atoms with Crippen molar-refractivity contribution in [3.8, 4) is 5.88 Å². The van der Waals surface area contributed by atoms with Crippen molar-refractivity contribution in [1.29, 1.82) is 0 Å². The van der Waals surface area contributed by atoms with E-state index in [1.165, 1.54) is 0 Å². The van der Waals surface area contributed by atoms with E-state index in [1.54, 1.807) is 7.11 Å². The molecule has 0 atom stereocenters. The highest BCUT2D eigenvalue weighted by atomic mass is 16.5. The molecule has 1 saturated heterocycles. The third-order valence-electron chi connectivity index (χ3n) is 2.15. The van der Waals surface area contributed by atoms with Gasteiger partial charge in [0.05, 0.1) is 13.2 Å². The molecular weight excluding hydrogens is 180 g/mol. The Balaban J connectivity index is 2.11. The highest BCUT2D eigenvalue weighted by Crippen LogP contribution is 2.12. The molecule has 0 amide bonds. The predicted octanol–water partition coefficient (Wildman–Crippen LogP) is 0.177. The molecule has 1 aromatic rings. The number of hydrogen-bond acceptors (Lipinski definition) is 5. The second-order valence-corrected chi connectivity index (χ2v) is 3.37. The number of methoxy groups -OCH3 is 1. The second-order valence-electron chi connectivity index (χ2n) is 3.37. The summed E-state index contributed by atoms with van der Waals surface area (Å²) in [6.07, 6.45) is 0. The smallest absolute Gasteiger partial charge is 0.226 e. The van der Waals surface area contributed by atoms with Gasteiger partial charge in [-0.3, -0.25) is 0 Å². The number of anilines is 1. The van der Waals surface area contributed by atoms with Gasteiger partial charge in [-0.05, 0) is 6.92 Å². The van der Waals surface area contributed by atoms with Crippen molar-refractivity contribution >= 4 is 5.95 Å². The van der Waals surface area contributed by atoms with Gasteiger partial charge < -0.3 is 15.4 Å². The largest absolute Gasteiger partial charge is 0.481 e. The van der Waals surface area contributed by atoms with Crippen LogP contribution < -0.4 is 15.4 Å². The lowest BCUT2D eigenvalue weighted by Crippen LogP contribution is -2.51. The average Bonchev–Trinajstić information content (AvgIpc) is 2.10. The Bertz CT molecular complexity index is 325. The minimum absolute atomic E-state index is 0.446. The molecule has 0 saturated carbocycles. The van der Waals surface area contributed by atoms with Gasteiger partial charge in [0.15, 0.2) is 0 Å². The van der Waals surface area contributed by atoms with Gasteiger partial charge in [-0.15, -0.1) is 0 Å². The molecule has 0 radical (unpaired) electrons. The number of rotatable bonds is 3. The molecular formula is C9H14N4O. The zero-order chi connectivity index (χ0) is 9.97. The molecule has 1 aromatic heterocycles. The Labute approximate surface area is 82.9 Å². The van der Waals surface area contributed by atoms with Crippen molar-refractivity contribution < 1.29 is 4.74 Å².